The molecule has 0 saturated carbocycles. The number of anilines is 2. The zero-order chi connectivity index (χ0) is 14.4. The van der Waals surface area contributed by atoms with Gasteiger partial charge in [0.05, 0.1) is 18.1 Å². The number of nitrogens with one attached hydrogen (secondary N) is 2. The largest absolute Gasteiger partial charge is 0.360 e. The van der Waals surface area contributed by atoms with Gasteiger partial charge in [-0.1, -0.05) is 17.7 Å². The number of nitrogens with zero attached hydrogens (tertiary/aromatic N) is 2. The summed E-state index contributed by atoms with van der Waals surface area (Å²) in [7, 11) is 0. The van der Waals surface area contributed by atoms with Crippen LogP contribution in [0.4, 0.5) is 16.2 Å². The quantitative estimate of drug-likeness (QED) is 0.890. The maximum absolute atomic E-state index is 11.8. The molecule has 0 aliphatic heterocycles. The number of hydrogen-bond donors (Lipinski definition) is 2. The first-order chi connectivity index (χ1) is 9.67. The third-order valence-corrected chi connectivity index (χ3v) is 2.64. The molecule has 1 aromatic carbocycles. The number of hydrogen-bond acceptors (Lipinski definition) is 3. The van der Waals surface area contributed by atoms with Crippen molar-refractivity contribution >= 4 is 29.0 Å². The summed E-state index contributed by atoms with van der Waals surface area (Å²) in [5, 5.41) is 9.97. The lowest BCUT2D eigenvalue weighted by Crippen LogP contribution is -2.19. The number of carbonyl (C=O) groups is 1. The highest BCUT2D eigenvalue weighted by Crippen LogP contribution is 2.15. The molecule has 0 fully saturated rings. The minimum absolute atomic E-state index is 0.355. The van der Waals surface area contributed by atoms with Gasteiger partial charge in [-0.2, -0.15) is 5.10 Å². The zero-order valence-corrected chi connectivity index (χ0v) is 11.7. The summed E-state index contributed by atoms with van der Waals surface area (Å²) >= 11 is 5.84. The third kappa shape index (κ3) is 4.25. The molecule has 0 bridgehead atoms. The minimum Gasteiger partial charge on any atom is -0.360 e. The fourth-order valence-electron chi connectivity index (χ4n) is 1.54. The standard InChI is InChI=1S/C13H15ClN4O2/c1-2-20-9-18-8-12(7-15-18)17-13(19)16-11-5-3-4-10(14)6-11/h3-8H,2,9H2,1H3,(H2,16,17,19). The summed E-state index contributed by atoms with van der Waals surface area (Å²) in [6.07, 6.45) is 3.24. The van der Waals surface area contributed by atoms with Crippen LogP contribution in [-0.4, -0.2) is 22.4 Å². The van der Waals surface area contributed by atoms with Crippen molar-refractivity contribution in [2.75, 3.05) is 17.2 Å². The second kappa shape index (κ2) is 6.93. The van der Waals surface area contributed by atoms with Crippen LogP contribution in [0.2, 0.25) is 5.02 Å². The van der Waals surface area contributed by atoms with Crippen molar-refractivity contribution in [3.05, 3.63) is 41.7 Å². The van der Waals surface area contributed by atoms with Crippen molar-refractivity contribution in [3.8, 4) is 0 Å². The molecule has 0 aliphatic carbocycles. The molecule has 0 aliphatic rings. The van der Waals surface area contributed by atoms with Gasteiger partial charge in [0.2, 0.25) is 0 Å². The highest BCUT2D eigenvalue weighted by molar-refractivity contribution is 6.30. The van der Waals surface area contributed by atoms with Gasteiger partial charge < -0.3 is 15.4 Å². The summed E-state index contributed by atoms with van der Waals surface area (Å²) in [6, 6.07) is 6.56. The van der Waals surface area contributed by atoms with Gasteiger partial charge in [0.1, 0.15) is 6.73 Å². The van der Waals surface area contributed by atoms with Crippen molar-refractivity contribution in [2.24, 2.45) is 0 Å². The van der Waals surface area contributed by atoms with Crippen molar-refractivity contribution < 1.29 is 9.53 Å². The lowest BCUT2D eigenvalue weighted by atomic mass is 10.3. The second-order valence-corrected chi connectivity index (χ2v) is 4.42. The number of carbonyl (C=O) groups excluding carboxylic acids is 1. The molecule has 7 heteroatoms. The van der Waals surface area contributed by atoms with E-state index in [1.807, 2.05) is 6.92 Å². The molecule has 2 rings (SSSR count). The Morgan fingerprint density at radius 3 is 2.95 bits per heavy atom. The lowest BCUT2D eigenvalue weighted by Gasteiger charge is -2.06. The van der Waals surface area contributed by atoms with Crippen LogP contribution < -0.4 is 10.6 Å². The number of aromatic nitrogens is 2. The Labute approximate surface area is 121 Å². The molecule has 1 heterocycles. The number of amides is 2. The van der Waals surface area contributed by atoms with Crippen LogP contribution in [0.15, 0.2) is 36.7 Å². The number of ether oxygens (including phenoxy) is 1. The maximum atomic E-state index is 11.8. The van der Waals surface area contributed by atoms with Gasteiger partial charge in [-0.3, -0.25) is 0 Å². The normalized spacial score (nSPS) is 10.3. The van der Waals surface area contributed by atoms with Gasteiger partial charge in [0.25, 0.3) is 0 Å². The fourth-order valence-corrected chi connectivity index (χ4v) is 1.73. The van der Waals surface area contributed by atoms with E-state index in [0.29, 0.717) is 29.7 Å². The average molecular weight is 295 g/mol. The average Bonchev–Trinajstić information content (AvgIpc) is 2.83. The van der Waals surface area contributed by atoms with Crippen LogP contribution in [0.3, 0.4) is 0 Å². The summed E-state index contributed by atoms with van der Waals surface area (Å²) in [5.41, 5.74) is 1.21. The monoisotopic (exact) mass is 294 g/mol. The van der Waals surface area contributed by atoms with Crippen molar-refractivity contribution in [2.45, 2.75) is 13.7 Å². The van der Waals surface area contributed by atoms with Crippen LogP contribution in [0, 0.1) is 0 Å². The van der Waals surface area contributed by atoms with Gasteiger partial charge in [0, 0.05) is 17.3 Å². The van der Waals surface area contributed by atoms with E-state index in [4.69, 9.17) is 16.3 Å². The van der Waals surface area contributed by atoms with Crippen LogP contribution in [0.5, 0.6) is 0 Å². The summed E-state index contributed by atoms with van der Waals surface area (Å²) in [6.45, 7) is 2.87. The van der Waals surface area contributed by atoms with E-state index >= 15 is 0 Å². The van der Waals surface area contributed by atoms with E-state index in [9.17, 15) is 4.79 Å². The van der Waals surface area contributed by atoms with Crippen LogP contribution in [0.25, 0.3) is 0 Å². The second-order valence-electron chi connectivity index (χ2n) is 3.98. The molecule has 20 heavy (non-hydrogen) atoms. The van der Waals surface area contributed by atoms with Crippen molar-refractivity contribution in [1.29, 1.82) is 0 Å². The molecule has 0 unspecified atom stereocenters. The zero-order valence-electron chi connectivity index (χ0n) is 11.0. The van der Waals surface area contributed by atoms with E-state index in [1.165, 1.54) is 0 Å². The molecular weight excluding hydrogens is 280 g/mol. The molecule has 0 radical (unpaired) electrons. The van der Waals surface area contributed by atoms with E-state index in [-0.39, 0.29) is 6.03 Å². The van der Waals surface area contributed by atoms with Crippen molar-refractivity contribution in [1.82, 2.24) is 9.78 Å². The van der Waals surface area contributed by atoms with E-state index in [2.05, 4.69) is 15.7 Å². The first-order valence-corrected chi connectivity index (χ1v) is 6.49. The van der Waals surface area contributed by atoms with Crippen molar-refractivity contribution in [3.63, 3.8) is 0 Å². The topological polar surface area (TPSA) is 68.2 Å². The smallest absolute Gasteiger partial charge is 0.323 e. The lowest BCUT2D eigenvalue weighted by molar-refractivity contribution is 0.0792. The summed E-state index contributed by atoms with van der Waals surface area (Å²) in [4.78, 5) is 11.8. The Morgan fingerprint density at radius 2 is 2.20 bits per heavy atom. The first-order valence-electron chi connectivity index (χ1n) is 6.11. The molecule has 2 N–H and O–H groups in total. The summed E-state index contributed by atoms with van der Waals surface area (Å²) < 4.78 is 6.80. The molecule has 0 atom stereocenters. The number of rotatable bonds is 5. The third-order valence-electron chi connectivity index (χ3n) is 2.40. The molecule has 1 aromatic heterocycles. The Kier molecular flexibility index (Phi) is 4.97. The highest BCUT2D eigenvalue weighted by atomic mass is 35.5. The molecule has 0 saturated heterocycles. The molecule has 106 valence electrons. The SMILES string of the molecule is CCOCn1cc(NC(=O)Nc2cccc(Cl)c2)cn1. The van der Waals surface area contributed by atoms with Gasteiger partial charge >= 0.3 is 6.03 Å². The predicted molar refractivity (Wildman–Crippen MR) is 77.9 cm³/mol. The van der Waals surface area contributed by atoms with Crippen LogP contribution in [0.1, 0.15) is 6.92 Å². The predicted octanol–water partition coefficient (Wildman–Crippen LogP) is 3.17. The van der Waals surface area contributed by atoms with Crippen LogP contribution >= 0.6 is 11.6 Å². The van der Waals surface area contributed by atoms with Crippen LogP contribution in [-0.2, 0) is 11.5 Å². The van der Waals surface area contributed by atoms with Gasteiger partial charge in [-0.15, -0.1) is 0 Å². The van der Waals surface area contributed by atoms with E-state index in [1.54, 1.807) is 41.3 Å². The van der Waals surface area contributed by atoms with Gasteiger partial charge in [0.15, 0.2) is 0 Å². The first kappa shape index (κ1) is 14.4. The van der Waals surface area contributed by atoms with E-state index in [0.717, 1.165) is 0 Å². The summed E-state index contributed by atoms with van der Waals surface area (Å²) in [5.74, 6) is 0. The highest BCUT2D eigenvalue weighted by Gasteiger charge is 2.05. The Hall–Kier alpha value is -2.05. The minimum atomic E-state index is -0.358. The Morgan fingerprint density at radius 1 is 1.40 bits per heavy atom. The molecular formula is C13H15ClN4O2. The molecule has 0 spiro atoms. The Balaban J connectivity index is 1.89. The van der Waals surface area contributed by atoms with Gasteiger partial charge in [-0.05, 0) is 25.1 Å². The number of urea groups is 1. The fraction of sp³-hybridized carbons (Fsp3) is 0.231. The number of benzene rings is 1. The molecule has 6 nitrogen and oxygen atoms in total. The maximum Gasteiger partial charge on any atom is 0.323 e. The molecule has 2 aromatic rings. The number of halogens is 1. The Bertz CT molecular complexity index is 585. The molecule has 2 amide bonds. The van der Waals surface area contributed by atoms with E-state index < -0.39 is 0 Å². The van der Waals surface area contributed by atoms with Gasteiger partial charge in [-0.25, -0.2) is 9.48 Å².